The average Bonchev–Trinajstić information content (AvgIpc) is 2.18. The van der Waals surface area contributed by atoms with Crippen molar-refractivity contribution in [2.45, 2.75) is 27.3 Å². The minimum absolute atomic E-state index is 0.0394. The zero-order valence-corrected chi connectivity index (χ0v) is 15.5. The molecule has 0 aromatic carbocycles. The van der Waals surface area contributed by atoms with Crippen molar-refractivity contribution in [2.24, 2.45) is 0 Å². The quantitative estimate of drug-likeness (QED) is 0.417. The smallest absolute Gasteiger partial charge is 0.302 e. The van der Waals surface area contributed by atoms with Crippen LogP contribution in [0, 0.1) is 0 Å². The molecule has 0 saturated heterocycles. The number of hydrogen-bond donors (Lipinski definition) is 0. The van der Waals surface area contributed by atoms with E-state index in [0.717, 1.165) is 0 Å². The number of rotatable bonds is 2. The molecular weight excluding hydrogens is 412 g/mol. The third-order valence-electron chi connectivity index (χ3n) is 0.690. The van der Waals surface area contributed by atoms with E-state index in [-0.39, 0.29) is 11.8 Å². The Hall–Kier alpha value is 1.79. The summed E-state index contributed by atoms with van der Waals surface area (Å²) in [6.07, 6.45) is 0. The lowest BCUT2D eigenvalue weighted by molar-refractivity contribution is -0.140. The third kappa shape index (κ3) is 36.1. The molecule has 0 saturated carbocycles. The number of halogens is 8. The van der Waals surface area contributed by atoms with Crippen LogP contribution in [0.3, 0.4) is 0 Å². The van der Waals surface area contributed by atoms with Crippen LogP contribution in [0.5, 0.6) is 0 Å². The monoisotopic (exact) mass is 420 g/mol. The predicted molar refractivity (Wildman–Crippen MR) is 84.3 cm³/mol. The zero-order chi connectivity index (χ0) is 15.4. The molecule has 0 aromatic rings. The van der Waals surface area contributed by atoms with Gasteiger partial charge in [-0.15, -0.1) is 58.0 Å². The summed E-state index contributed by atoms with van der Waals surface area (Å²) in [6.45, 7) is 3.65. The number of carbonyl (C=O) groups is 1. The molecular formula is C8H12Cl8O2. The Morgan fingerprint density at radius 3 is 1.39 bits per heavy atom. The van der Waals surface area contributed by atoms with E-state index in [0.29, 0.717) is 6.61 Å². The van der Waals surface area contributed by atoms with Gasteiger partial charge < -0.3 is 4.74 Å². The largest absolute Gasteiger partial charge is 0.466 e. The van der Waals surface area contributed by atoms with Crippen molar-refractivity contribution >= 4 is 98.8 Å². The van der Waals surface area contributed by atoms with E-state index in [2.05, 4.69) is 4.74 Å². The van der Waals surface area contributed by atoms with Gasteiger partial charge in [-0.2, -0.15) is 0 Å². The van der Waals surface area contributed by atoms with E-state index in [1.165, 1.54) is 6.92 Å². The highest BCUT2D eigenvalue weighted by Crippen LogP contribution is 2.26. The summed E-state index contributed by atoms with van der Waals surface area (Å²) in [5, 5.41) is 0. The molecule has 112 valence electrons. The highest BCUT2D eigenvalue weighted by molar-refractivity contribution is 6.69. The first-order valence-electron chi connectivity index (χ1n) is 4.30. The van der Waals surface area contributed by atoms with Crippen molar-refractivity contribution in [2.75, 3.05) is 12.5 Å². The van der Waals surface area contributed by atoms with Crippen molar-refractivity contribution < 1.29 is 9.53 Å². The summed E-state index contributed by atoms with van der Waals surface area (Å²) >= 11 is 40.9. The Morgan fingerprint density at radius 1 is 1.11 bits per heavy atom. The molecule has 0 unspecified atom stereocenters. The van der Waals surface area contributed by atoms with E-state index in [1.807, 2.05) is 0 Å². The first kappa shape index (κ1) is 24.8. The summed E-state index contributed by atoms with van der Waals surface area (Å²) in [4.78, 5) is 8.48. The van der Waals surface area contributed by atoms with Gasteiger partial charge in [-0.3, -0.25) is 4.79 Å². The fourth-order valence-corrected chi connectivity index (χ4v) is 0.203. The fourth-order valence-electron chi connectivity index (χ4n) is 0.203. The zero-order valence-electron chi connectivity index (χ0n) is 9.41. The topological polar surface area (TPSA) is 26.3 Å². The average molecular weight is 424 g/mol. The van der Waals surface area contributed by atoms with Gasteiger partial charge in [0.25, 0.3) is 0 Å². The molecule has 0 radical (unpaired) electrons. The summed E-state index contributed by atoms with van der Waals surface area (Å²) in [7, 11) is 0. The van der Waals surface area contributed by atoms with Crippen molar-refractivity contribution in [3.05, 3.63) is 0 Å². The first-order chi connectivity index (χ1) is 7.97. The lowest BCUT2D eigenvalue weighted by Crippen LogP contribution is -2.01. The second-order valence-corrected chi connectivity index (χ2v) is 7.45. The molecule has 0 aliphatic rings. The maximum atomic E-state index is 9.82. The lowest BCUT2D eigenvalue weighted by atomic mass is 10.8. The Morgan fingerprint density at radius 2 is 1.39 bits per heavy atom. The van der Waals surface area contributed by atoms with Crippen LogP contribution in [-0.2, 0) is 9.53 Å². The normalized spacial score (nSPS) is 10.2. The first-order valence-corrected chi connectivity index (χ1v) is 7.71. The van der Waals surface area contributed by atoms with Crippen LogP contribution < -0.4 is 0 Å². The molecule has 18 heavy (non-hydrogen) atoms. The van der Waals surface area contributed by atoms with Crippen molar-refractivity contribution in [3.8, 4) is 0 Å². The van der Waals surface area contributed by atoms with Gasteiger partial charge in [-0.1, -0.05) is 34.8 Å². The Labute approximate surface area is 147 Å². The van der Waals surface area contributed by atoms with Crippen LogP contribution >= 0.6 is 92.8 Å². The predicted octanol–water partition coefficient (Wildman–Crippen LogP) is 5.76. The molecule has 0 amide bonds. The van der Waals surface area contributed by atoms with Crippen LogP contribution in [0.1, 0.15) is 13.8 Å². The molecule has 0 fully saturated rings. The molecule has 0 atom stereocenters. The molecule has 0 rings (SSSR count). The molecule has 0 aliphatic heterocycles. The summed E-state index contributed by atoms with van der Waals surface area (Å²) in [5.41, 5.74) is 0. The summed E-state index contributed by atoms with van der Waals surface area (Å²) in [6, 6.07) is 0. The van der Waals surface area contributed by atoms with Crippen LogP contribution in [0.15, 0.2) is 0 Å². The summed E-state index contributed by atoms with van der Waals surface area (Å²) in [5.74, 6) is -0.171. The minimum atomic E-state index is -1.28. The number of ether oxygens (including phenoxy) is 1. The highest BCUT2D eigenvalue weighted by Gasteiger charge is 2.16. The van der Waals surface area contributed by atoms with Gasteiger partial charge >= 0.3 is 5.97 Å². The molecule has 0 N–H and O–H groups in total. The molecule has 2 nitrogen and oxygen atoms in total. The molecule has 0 heterocycles. The van der Waals surface area contributed by atoms with Gasteiger partial charge in [-0.25, -0.2) is 0 Å². The highest BCUT2D eigenvalue weighted by atomic mass is 35.6. The van der Waals surface area contributed by atoms with E-state index in [1.54, 1.807) is 6.92 Å². The van der Waals surface area contributed by atoms with Crippen molar-refractivity contribution in [1.82, 2.24) is 0 Å². The molecule has 0 bridgehead atoms. The van der Waals surface area contributed by atoms with Crippen molar-refractivity contribution in [3.63, 3.8) is 0 Å². The van der Waals surface area contributed by atoms with Gasteiger partial charge in [0.05, 0.1) is 12.5 Å². The molecule has 10 heteroatoms. The number of carbonyl (C=O) groups excluding carboxylic acids is 1. The maximum Gasteiger partial charge on any atom is 0.302 e. The van der Waals surface area contributed by atoms with Crippen LogP contribution in [0.4, 0.5) is 0 Å². The number of alkyl halides is 8. The van der Waals surface area contributed by atoms with Gasteiger partial charge in [0.1, 0.15) is 9.67 Å². The minimum Gasteiger partial charge on any atom is -0.466 e. The fraction of sp³-hybridized carbons (Fsp3) is 0.875. The molecule has 0 spiro atoms. The van der Waals surface area contributed by atoms with Gasteiger partial charge in [0.2, 0.25) is 3.79 Å². The van der Waals surface area contributed by atoms with Crippen LogP contribution in [-0.4, -0.2) is 31.9 Å². The van der Waals surface area contributed by atoms with Gasteiger partial charge in [0.15, 0.2) is 0 Å². The van der Waals surface area contributed by atoms with E-state index >= 15 is 0 Å². The van der Waals surface area contributed by atoms with Crippen LogP contribution in [0.2, 0.25) is 0 Å². The summed E-state index contributed by atoms with van der Waals surface area (Å²) < 4.78 is 3.13. The second-order valence-electron chi connectivity index (χ2n) is 2.34. The standard InChI is InChI=1S/C4H8O2.2C2H2Cl4/c1-3-6-4(2)5;3-1-2(4,5)6;3-1(4)2(5)6/h3H2,1-2H3;1H2;1-2H. The Kier molecular flexibility index (Phi) is 20.9. The van der Waals surface area contributed by atoms with Gasteiger partial charge in [-0.05, 0) is 6.92 Å². The third-order valence-corrected chi connectivity index (χ3v) is 3.43. The van der Waals surface area contributed by atoms with Gasteiger partial charge in [0, 0.05) is 6.92 Å². The molecule has 0 aromatic heterocycles. The number of esters is 1. The second kappa shape index (κ2) is 15.2. The SMILES string of the molecule is CCOC(C)=O.ClC(Cl)C(Cl)Cl.ClCC(Cl)(Cl)Cl. The van der Waals surface area contributed by atoms with E-state index in [4.69, 9.17) is 92.8 Å². The van der Waals surface area contributed by atoms with E-state index < -0.39 is 13.5 Å². The lowest BCUT2D eigenvalue weighted by Gasteiger charge is -2.00. The van der Waals surface area contributed by atoms with Crippen molar-refractivity contribution in [1.29, 1.82) is 0 Å². The Bertz CT molecular complexity index is 186. The Balaban J connectivity index is -0.000000187. The maximum absolute atomic E-state index is 9.82. The number of hydrogen-bond acceptors (Lipinski definition) is 2. The van der Waals surface area contributed by atoms with E-state index in [9.17, 15) is 4.79 Å². The molecule has 0 aliphatic carbocycles. The van der Waals surface area contributed by atoms with Crippen LogP contribution in [0.25, 0.3) is 0 Å².